The van der Waals surface area contributed by atoms with Gasteiger partial charge in [-0.1, -0.05) is 0 Å². The summed E-state index contributed by atoms with van der Waals surface area (Å²) in [6.07, 6.45) is -6.12. The van der Waals surface area contributed by atoms with Gasteiger partial charge in [0, 0.05) is 6.92 Å². The number of aliphatic hydroxyl groups excluding tert-OH is 3. The van der Waals surface area contributed by atoms with Gasteiger partial charge in [0.1, 0.15) is 24.4 Å². The predicted molar refractivity (Wildman–Crippen MR) is 67.9 cm³/mol. The van der Waals surface area contributed by atoms with Gasteiger partial charge in [0.25, 0.3) is 0 Å². The number of ether oxygens (including phenoxy) is 3. The molecule has 0 unspecified atom stereocenters. The van der Waals surface area contributed by atoms with Crippen molar-refractivity contribution in [3.05, 3.63) is 0 Å². The summed E-state index contributed by atoms with van der Waals surface area (Å²) in [6.45, 7) is 2.06. The molecule has 0 aromatic rings. The average molecular weight is 307 g/mol. The summed E-state index contributed by atoms with van der Waals surface area (Å²) in [4.78, 5) is 22.6. The van der Waals surface area contributed by atoms with Gasteiger partial charge in [-0.15, -0.1) is 0 Å². The van der Waals surface area contributed by atoms with Crippen LogP contribution in [-0.4, -0.2) is 77.7 Å². The van der Waals surface area contributed by atoms with Gasteiger partial charge >= 0.3 is 5.97 Å². The Kier molecular flexibility index (Phi) is 6.49. The number of carbonyl (C=O) groups excluding carboxylic acids is 2. The van der Waals surface area contributed by atoms with Gasteiger partial charge in [-0.3, -0.25) is 4.79 Å². The molecule has 6 atom stereocenters. The second-order valence-corrected chi connectivity index (χ2v) is 4.73. The maximum atomic E-state index is 11.4. The molecule has 9 heteroatoms. The van der Waals surface area contributed by atoms with Crippen molar-refractivity contribution in [2.75, 3.05) is 13.7 Å². The van der Waals surface area contributed by atoms with E-state index in [2.05, 4.69) is 10.1 Å². The van der Waals surface area contributed by atoms with Gasteiger partial charge in [0.2, 0.25) is 5.91 Å². The Morgan fingerprint density at radius 1 is 1.38 bits per heavy atom. The molecule has 1 aliphatic heterocycles. The van der Waals surface area contributed by atoms with Crippen LogP contribution in [0.1, 0.15) is 13.8 Å². The van der Waals surface area contributed by atoms with E-state index in [1.807, 2.05) is 0 Å². The molecule has 1 fully saturated rings. The Balaban J connectivity index is 2.92. The highest BCUT2D eigenvalue weighted by Crippen LogP contribution is 2.23. The monoisotopic (exact) mass is 307 g/mol. The molecule has 1 saturated heterocycles. The number of nitrogens with one attached hydrogen (secondary N) is 1. The minimum atomic E-state index is -1.50. The Labute approximate surface area is 121 Å². The zero-order valence-electron chi connectivity index (χ0n) is 12.1. The third-order valence-corrected chi connectivity index (χ3v) is 3.14. The third kappa shape index (κ3) is 4.35. The van der Waals surface area contributed by atoms with Crippen LogP contribution in [0, 0.1) is 0 Å². The number of hydrogen-bond acceptors (Lipinski definition) is 8. The maximum absolute atomic E-state index is 11.4. The van der Waals surface area contributed by atoms with Crippen LogP contribution < -0.4 is 5.32 Å². The molecule has 4 N–H and O–H groups in total. The summed E-state index contributed by atoms with van der Waals surface area (Å²) in [6, 6.07) is -1.09. The second kappa shape index (κ2) is 7.66. The molecule has 0 saturated carbocycles. The van der Waals surface area contributed by atoms with Gasteiger partial charge in [0.05, 0.1) is 13.7 Å². The number of carbonyl (C=O) groups is 2. The first-order valence-corrected chi connectivity index (χ1v) is 6.44. The van der Waals surface area contributed by atoms with Crippen molar-refractivity contribution in [3.8, 4) is 0 Å². The fourth-order valence-corrected chi connectivity index (χ4v) is 2.09. The van der Waals surface area contributed by atoms with Crippen molar-refractivity contribution < 1.29 is 39.1 Å². The highest BCUT2D eigenvalue weighted by molar-refractivity contribution is 5.74. The van der Waals surface area contributed by atoms with Gasteiger partial charge in [-0.2, -0.15) is 0 Å². The highest BCUT2D eigenvalue weighted by Gasteiger charge is 2.46. The lowest BCUT2D eigenvalue weighted by Crippen LogP contribution is -2.65. The van der Waals surface area contributed by atoms with Crippen molar-refractivity contribution in [2.24, 2.45) is 0 Å². The molecular formula is C12H21NO8. The Morgan fingerprint density at radius 3 is 2.48 bits per heavy atom. The van der Waals surface area contributed by atoms with Gasteiger partial charge < -0.3 is 34.8 Å². The van der Waals surface area contributed by atoms with Crippen LogP contribution >= 0.6 is 0 Å². The first kappa shape index (κ1) is 17.8. The summed E-state index contributed by atoms with van der Waals surface area (Å²) >= 11 is 0. The molecule has 1 rings (SSSR count). The molecule has 21 heavy (non-hydrogen) atoms. The molecule has 1 amide bonds. The first-order chi connectivity index (χ1) is 9.81. The number of esters is 1. The Bertz CT molecular complexity index is 376. The summed E-state index contributed by atoms with van der Waals surface area (Å²) in [7, 11) is 1.18. The fraction of sp³-hybridized carbons (Fsp3) is 0.833. The number of aliphatic hydroxyl groups is 3. The maximum Gasteiger partial charge on any atom is 0.334 e. The van der Waals surface area contributed by atoms with E-state index in [1.54, 1.807) is 0 Å². The van der Waals surface area contributed by atoms with Crippen molar-refractivity contribution in [3.63, 3.8) is 0 Å². The third-order valence-electron chi connectivity index (χ3n) is 3.14. The van der Waals surface area contributed by atoms with Crippen LogP contribution in [0.2, 0.25) is 0 Å². The van der Waals surface area contributed by atoms with E-state index in [1.165, 1.54) is 21.0 Å². The molecule has 0 spiro atoms. The van der Waals surface area contributed by atoms with Crippen LogP contribution in [0.3, 0.4) is 0 Å². The molecule has 1 aliphatic rings. The van der Waals surface area contributed by atoms with Crippen LogP contribution in [-0.2, 0) is 23.8 Å². The van der Waals surface area contributed by atoms with Crippen molar-refractivity contribution in [2.45, 2.75) is 50.6 Å². The van der Waals surface area contributed by atoms with E-state index in [0.717, 1.165) is 0 Å². The Morgan fingerprint density at radius 2 is 2.00 bits per heavy atom. The normalized spacial score (nSPS) is 34.1. The standard InChI is InChI=1S/C12H21NO8/c1-5(11(17)19-3)20-10-8(13-6(2)15)12(18)21-7(4-14)9(10)16/h5,7-10,12,14,16,18H,4H2,1-3H3,(H,13,15)/t5-,7-,8-,9-,10-,12-/m1/s1. The van der Waals surface area contributed by atoms with E-state index in [-0.39, 0.29) is 0 Å². The predicted octanol–water partition coefficient (Wildman–Crippen LogP) is -2.49. The van der Waals surface area contributed by atoms with Gasteiger partial charge in [-0.25, -0.2) is 4.79 Å². The van der Waals surface area contributed by atoms with Gasteiger partial charge in [-0.05, 0) is 6.92 Å². The lowest BCUT2D eigenvalue weighted by atomic mass is 9.96. The topological polar surface area (TPSA) is 135 Å². The minimum absolute atomic E-state index is 0.475. The molecule has 0 aromatic carbocycles. The summed E-state index contributed by atoms with van der Waals surface area (Å²) in [5.41, 5.74) is 0. The Hall–Kier alpha value is -1.26. The zero-order chi connectivity index (χ0) is 16.2. The van der Waals surface area contributed by atoms with E-state index in [4.69, 9.17) is 14.6 Å². The fourth-order valence-electron chi connectivity index (χ4n) is 2.09. The summed E-state index contributed by atoms with van der Waals surface area (Å²) < 4.78 is 14.9. The SMILES string of the molecule is COC(=O)[C@@H](C)O[C@H]1[C@H](O)[C@@H](CO)O[C@@H](O)[C@@H]1NC(C)=O. The van der Waals surface area contributed by atoms with Crippen LogP contribution in [0.5, 0.6) is 0 Å². The first-order valence-electron chi connectivity index (χ1n) is 6.44. The van der Waals surface area contributed by atoms with Crippen molar-refractivity contribution in [1.82, 2.24) is 5.32 Å². The number of amides is 1. The number of methoxy groups -OCH3 is 1. The average Bonchev–Trinajstić information content (AvgIpc) is 2.44. The second-order valence-electron chi connectivity index (χ2n) is 4.73. The molecule has 0 aromatic heterocycles. The van der Waals surface area contributed by atoms with Gasteiger partial charge in [0.15, 0.2) is 12.4 Å². The van der Waals surface area contributed by atoms with Crippen LogP contribution in [0.15, 0.2) is 0 Å². The minimum Gasteiger partial charge on any atom is -0.467 e. The number of rotatable bonds is 5. The van der Waals surface area contributed by atoms with Crippen molar-refractivity contribution >= 4 is 11.9 Å². The molecule has 0 bridgehead atoms. The number of hydrogen-bond donors (Lipinski definition) is 4. The smallest absolute Gasteiger partial charge is 0.334 e. The van der Waals surface area contributed by atoms with Crippen molar-refractivity contribution in [1.29, 1.82) is 0 Å². The van der Waals surface area contributed by atoms with E-state index >= 15 is 0 Å². The lowest BCUT2D eigenvalue weighted by molar-refractivity contribution is -0.267. The molecule has 0 aliphatic carbocycles. The van der Waals surface area contributed by atoms with E-state index in [0.29, 0.717) is 0 Å². The lowest BCUT2D eigenvalue weighted by Gasteiger charge is -2.43. The quantitative estimate of drug-likeness (QED) is 0.410. The summed E-state index contributed by atoms with van der Waals surface area (Å²) in [5, 5.41) is 31.5. The molecule has 1 heterocycles. The van der Waals surface area contributed by atoms with Crippen LogP contribution in [0.4, 0.5) is 0 Å². The summed E-state index contributed by atoms with van der Waals surface area (Å²) in [5.74, 6) is -1.15. The highest BCUT2D eigenvalue weighted by atomic mass is 16.6. The van der Waals surface area contributed by atoms with E-state index in [9.17, 15) is 19.8 Å². The molecule has 9 nitrogen and oxygen atoms in total. The van der Waals surface area contributed by atoms with Crippen LogP contribution in [0.25, 0.3) is 0 Å². The molecular weight excluding hydrogens is 286 g/mol. The largest absolute Gasteiger partial charge is 0.467 e. The van der Waals surface area contributed by atoms with E-state index < -0.39 is 55.2 Å². The molecule has 0 radical (unpaired) electrons. The molecule has 122 valence electrons. The zero-order valence-corrected chi connectivity index (χ0v) is 12.1.